The van der Waals surface area contributed by atoms with Crippen molar-refractivity contribution in [3.63, 3.8) is 0 Å². The quantitative estimate of drug-likeness (QED) is 0.561. The van der Waals surface area contributed by atoms with Crippen LogP contribution >= 0.6 is 0 Å². The van der Waals surface area contributed by atoms with Crippen molar-refractivity contribution in [2.45, 2.75) is 59.5 Å². The summed E-state index contributed by atoms with van der Waals surface area (Å²) in [5.41, 5.74) is 0.332. The summed E-state index contributed by atoms with van der Waals surface area (Å²) in [4.78, 5) is 22.5. The molecule has 2 rings (SSSR count). The van der Waals surface area contributed by atoms with Gasteiger partial charge in [-0.2, -0.15) is 0 Å². The zero-order valence-corrected chi connectivity index (χ0v) is 11.2. The number of rotatable bonds is 3. The highest BCUT2D eigenvalue weighted by Gasteiger charge is 2.62. The van der Waals surface area contributed by atoms with Gasteiger partial charge in [-0.15, -0.1) is 0 Å². The Balaban J connectivity index is 2.06. The Morgan fingerprint density at radius 3 is 2.35 bits per heavy atom. The van der Waals surface area contributed by atoms with Crippen molar-refractivity contribution in [2.75, 3.05) is 0 Å². The molecule has 0 N–H and O–H groups in total. The maximum atomic E-state index is 11.6. The van der Waals surface area contributed by atoms with E-state index in [0.717, 1.165) is 12.8 Å². The van der Waals surface area contributed by atoms with Crippen molar-refractivity contribution < 1.29 is 14.3 Å². The van der Waals surface area contributed by atoms with Crippen LogP contribution in [0.15, 0.2) is 0 Å². The molecular formula is C14H22O3. The number of ether oxygens (including phenoxy) is 1. The van der Waals surface area contributed by atoms with Gasteiger partial charge in [-0.1, -0.05) is 20.8 Å². The number of esters is 1. The van der Waals surface area contributed by atoms with Gasteiger partial charge in [0.25, 0.3) is 0 Å². The topological polar surface area (TPSA) is 43.4 Å². The summed E-state index contributed by atoms with van der Waals surface area (Å²) < 4.78 is 5.53. The van der Waals surface area contributed by atoms with Gasteiger partial charge in [0.2, 0.25) is 0 Å². The third-order valence-corrected chi connectivity index (χ3v) is 5.38. The third kappa shape index (κ3) is 1.80. The molecule has 0 aliphatic heterocycles. The standard InChI is InChI=1S/C14H22O3/c1-9(15)7-12(16)17-11-8-10-5-6-14(11,4)13(10,2)3/h10-11H,5-8H2,1-4H3/t10-,11+,14+/m1/s1. The lowest BCUT2D eigenvalue weighted by Crippen LogP contribution is -2.38. The summed E-state index contributed by atoms with van der Waals surface area (Å²) in [5, 5.41) is 0. The molecule has 0 aromatic heterocycles. The Kier molecular flexibility index (Phi) is 2.83. The van der Waals surface area contributed by atoms with Gasteiger partial charge in [-0.3, -0.25) is 9.59 Å². The van der Waals surface area contributed by atoms with Crippen LogP contribution in [0.2, 0.25) is 0 Å². The van der Waals surface area contributed by atoms with Crippen molar-refractivity contribution >= 4 is 11.8 Å². The highest BCUT2D eigenvalue weighted by Crippen LogP contribution is 2.66. The maximum Gasteiger partial charge on any atom is 0.313 e. The van der Waals surface area contributed by atoms with Gasteiger partial charge in [-0.05, 0) is 37.5 Å². The first-order valence-electron chi connectivity index (χ1n) is 6.46. The fourth-order valence-corrected chi connectivity index (χ4v) is 3.71. The fourth-order valence-electron chi connectivity index (χ4n) is 3.71. The van der Waals surface area contributed by atoms with E-state index in [9.17, 15) is 9.59 Å². The van der Waals surface area contributed by atoms with Gasteiger partial charge in [0.1, 0.15) is 18.3 Å². The van der Waals surface area contributed by atoms with E-state index in [-0.39, 0.29) is 35.1 Å². The molecule has 2 aliphatic carbocycles. The fraction of sp³-hybridized carbons (Fsp3) is 0.857. The molecule has 3 atom stereocenters. The van der Waals surface area contributed by atoms with Crippen LogP contribution in [0.1, 0.15) is 53.4 Å². The van der Waals surface area contributed by atoms with Crippen molar-refractivity contribution in [1.82, 2.24) is 0 Å². The van der Waals surface area contributed by atoms with Gasteiger partial charge < -0.3 is 4.74 Å². The van der Waals surface area contributed by atoms with E-state index in [1.807, 2.05) is 0 Å². The smallest absolute Gasteiger partial charge is 0.313 e. The summed E-state index contributed by atoms with van der Waals surface area (Å²) in [6, 6.07) is 0. The highest BCUT2D eigenvalue weighted by molar-refractivity contribution is 5.94. The molecule has 3 nitrogen and oxygen atoms in total. The molecule has 0 spiro atoms. The van der Waals surface area contributed by atoms with Crippen LogP contribution in [-0.4, -0.2) is 17.9 Å². The number of fused-ring (bicyclic) bond motifs is 2. The molecule has 96 valence electrons. The Hall–Kier alpha value is -0.860. The maximum absolute atomic E-state index is 11.6. The predicted molar refractivity (Wildman–Crippen MR) is 64.4 cm³/mol. The minimum Gasteiger partial charge on any atom is -0.461 e. The average Bonchev–Trinajstić information content (AvgIpc) is 2.49. The van der Waals surface area contributed by atoms with Crippen molar-refractivity contribution in [3.05, 3.63) is 0 Å². The summed E-state index contributed by atoms with van der Waals surface area (Å²) in [5.74, 6) is 0.178. The summed E-state index contributed by atoms with van der Waals surface area (Å²) >= 11 is 0. The monoisotopic (exact) mass is 238 g/mol. The highest BCUT2D eigenvalue weighted by atomic mass is 16.5. The second-order valence-electron chi connectivity index (χ2n) is 6.47. The number of hydrogen-bond acceptors (Lipinski definition) is 3. The Morgan fingerprint density at radius 2 is 1.94 bits per heavy atom. The lowest BCUT2D eigenvalue weighted by atomic mass is 9.70. The minimum atomic E-state index is -0.355. The first-order valence-corrected chi connectivity index (χ1v) is 6.46. The van der Waals surface area contributed by atoms with E-state index in [1.165, 1.54) is 13.3 Å². The molecule has 17 heavy (non-hydrogen) atoms. The van der Waals surface area contributed by atoms with E-state index in [4.69, 9.17) is 4.74 Å². The molecule has 2 aliphatic rings. The first-order chi connectivity index (χ1) is 7.77. The summed E-state index contributed by atoms with van der Waals surface area (Å²) in [6.07, 6.45) is 3.25. The molecule has 0 aromatic carbocycles. The third-order valence-electron chi connectivity index (χ3n) is 5.38. The van der Waals surface area contributed by atoms with Gasteiger partial charge >= 0.3 is 5.97 Å². The molecule has 2 saturated carbocycles. The van der Waals surface area contributed by atoms with Crippen LogP contribution < -0.4 is 0 Å². The van der Waals surface area contributed by atoms with Crippen molar-refractivity contribution in [2.24, 2.45) is 16.7 Å². The van der Waals surface area contributed by atoms with Crippen molar-refractivity contribution in [1.29, 1.82) is 0 Å². The number of ketones is 1. The molecule has 2 bridgehead atoms. The van der Waals surface area contributed by atoms with Gasteiger partial charge in [-0.25, -0.2) is 0 Å². The zero-order chi connectivity index (χ0) is 12.8. The Morgan fingerprint density at radius 1 is 1.29 bits per heavy atom. The SMILES string of the molecule is CC(=O)CC(=O)O[C@H]1C[C@H]2CC[C@]1(C)C2(C)C. The zero-order valence-electron chi connectivity index (χ0n) is 11.2. The normalized spacial score (nSPS) is 38.1. The van der Waals surface area contributed by atoms with Crippen LogP contribution in [0, 0.1) is 16.7 Å². The molecule has 0 unspecified atom stereocenters. The molecule has 3 heteroatoms. The first kappa shape index (κ1) is 12.6. The number of Topliss-reactive ketones (excluding diaryl/α,β-unsaturated/α-hetero) is 1. The lowest BCUT2D eigenvalue weighted by molar-refractivity contribution is -0.157. The van der Waals surface area contributed by atoms with Crippen molar-refractivity contribution in [3.8, 4) is 0 Å². The largest absolute Gasteiger partial charge is 0.461 e. The number of carbonyl (C=O) groups is 2. The second-order valence-corrected chi connectivity index (χ2v) is 6.47. The van der Waals surface area contributed by atoms with Crippen LogP contribution in [0.4, 0.5) is 0 Å². The van der Waals surface area contributed by atoms with Crippen LogP contribution in [0.3, 0.4) is 0 Å². The summed E-state index contributed by atoms with van der Waals surface area (Å²) in [6.45, 7) is 8.21. The van der Waals surface area contributed by atoms with E-state index < -0.39 is 0 Å². The molecule has 0 heterocycles. The van der Waals surface area contributed by atoms with Crippen LogP contribution in [-0.2, 0) is 14.3 Å². The molecule has 2 fully saturated rings. The number of hydrogen-bond donors (Lipinski definition) is 0. The van der Waals surface area contributed by atoms with E-state index in [0.29, 0.717) is 5.92 Å². The minimum absolute atomic E-state index is 0.00287. The van der Waals surface area contributed by atoms with Gasteiger partial charge in [0.05, 0.1) is 0 Å². The Labute approximate surface area is 103 Å². The average molecular weight is 238 g/mol. The molecule has 0 radical (unpaired) electrons. The van der Waals surface area contributed by atoms with Crippen LogP contribution in [0.25, 0.3) is 0 Å². The van der Waals surface area contributed by atoms with E-state index in [1.54, 1.807) is 0 Å². The second kappa shape index (κ2) is 3.82. The lowest BCUT2D eigenvalue weighted by Gasteiger charge is -2.38. The number of carbonyl (C=O) groups excluding carboxylic acids is 2. The molecule has 0 amide bonds. The predicted octanol–water partition coefficient (Wildman–Crippen LogP) is 2.72. The summed E-state index contributed by atoms with van der Waals surface area (Å²) in [7, 11) is 0. The van der Waals surface area contributed by atoms with Gasteiger partial charge in [0.15, 0.2) is 0 Å². The molecule has 0 aromatic rings. The molecule has 0 saturated heterocycles. The van der Waals surface area contributed by atoms with E-state index in [2.05, 4.69) is 20.8 Å². The van der Waals surface area contributed by atoms with Gasteiger partial charge in [0, 0.05) is 5.41 Å². The Bertz CT molecular complexity index is 358. The van der Waals surface area contributed by atoms with Crippen LogP contribution in [0.5, 0.6) is 0 Å². The molecular weight excluding hydrogens is 216 g/mol. The van der Waals surface area contributed by atoms with E-state index >= 15 is 0 Å².